The molecule has 0 spiro atoms. The first-order valence-electron chi connectivity index (χ1n) is 45.5. The molecule has 62 nitrogen and oxygen atoms in total. The highest BCUT2D eigenvalue weighted by Gasteiger charge is 2.64. The molecule has 0 aromatic rings. The monoisotopic (exact) mass is 2070 g/mol. The number of amides is 7. The van der Waals surface area contributed by atoms with Gasteiger partial charge in [-0.1, -0.05) is 0 Å². The van der Waals surface area contributed by atoms with Gasteiger partial charge in [-0.15, -0.1) is 0 Å². The lowest BCUT2D eigenvalue weighted by Crippen LogP contribution is -2.72. The van der Waals surface area contributed by atoms with E-state index in [0.29, 0.717) is 0 Å². The molecule has 11 saturated heterocycles. The molecule has 7 amide bonds. The van der Waals surface area contributed by atoms with Crippen LogP contribution in [0.15, 0.2) is 0 Å². The number of hydrogen-bond donors (Lipinski definition) is 34. The smallest absolute Gasteiger partial charge is 0.217 e. The Hall–Kier alpha value is -5.63. The maximum absolute atomic E-state index is 13.8. The molecule has 62 heteroatoms. The summed E-state index contributed by atoms with van der Waals surface area (Å²) in [6, 6.07) is -13.9. The molecule has 0 radical (unpaired) electrons. The Morgan fingerprint density at radius 3 is 0.761 bits per heavy atom. The third-order valence-electron chi connectivity index (χ3n) is 25.7. The zero-order chi connectivity index (χ0) is 105. The van der Waals surface area contributed by atoms with Crippen molar-refractivity contribution >= 4 is 41.4 Å². The van der Waals surface area contributed by atoms with Crippen molar-refractivity contribution in [2.24, 2.45) is 0 Å². The number of hydrogen-bond acceptors (Lipinski definition) is 55. The lowest BCUT2D eigenvalue weighted by atomic mass is 9.93. The van der Waals surface area contributed by atoms with Crippen molar-refractivity contribution in [3.63, 3.8) is 0 Å². The van der Waals surface area contributed by atoms with Crippen LogP contribution in [0.4, 0.5) is 0 Å². The number of aliphatic hydroxyl groups is 27. The van der Waals surface area contributed by atoms with Gasteiger partial charge in [0, 0.05) is 48.5 Å². The highest BCUT2D eigenvalue weighted by Crippen LogP contribution is 2.43. The van der Waals surface area contributed by atoms with Crippen LogP contribution in [0, 0.1) is 0 Å². The van der Waals surface area contributed by atoms with Gasteiger partial charge in [0.25, 0.3) is 0 Å². The minimum absolute atomic E-state index is 0.874. The van der Waals surface area contributed by atoms with Crippen molar-refractivity contribution in [2.45, 2.75) is 393 Å². The van der Waals surface area contributed by atoms with Crippen LogP contribution in [-0.2, 0) is 133 Å². The quantitative estimate of drug-likeness (QED) is 0.0275. The number of carbonyl (C=O) groups excluding carboxylic acids is 7. The average Bonchev–Trinajstić information content (AvgIpc) is 0.752. The molecule has 0 aromatic heterocycles. The molecule has 818 valence electrons. The first-order valence-corrected chi connectivity index (χ1v) is 45.5. The molecule has 22 unspecified atom stereocenters. The van der Waals surface area contributed by atoms with E-state index in [1.807, 2.05) is 0 Å². The van der Waals surface area contributed by atoms with Gasteiger partial charge in [-0.25, -0.2) is 0 Å². The fourth-order valence-corrected chi connectivity index (χ4v) is 18.5. The molecular formula is C80H133N7O55. The van der Waals surface area contributed by atoms with E-state index >= 15 is 0 Å². The van der Waals surface area contributed by atoms with Gasteiger partial charge in [0.2, 0.25) is 41.4 Å². The summed E-state index contributed by atoms with van der Waals surface area (Å²) in [4.78, 5) is 91.6. The zero-order valence-corrected chi connectivity index (χ0v) is 77.3. The summed E-state index contributed by atoms with van der Waals surface area (Å²) < 4.78 is 131. The second kappa shape index (κ2) is 51.3. The number of nitrogens with one attached hydrogen (secondary N) is 7. The molecule has 11 heterocycles. The lowest BCUT2D eigenvalue weighted by molar-refractivity contribution is -0.413. The molecule has 11 aliphatic rings. The van der Waals surface area contributed by atoms with Crippen molar-refractivity contribution in [3.05, 3.63) is 0 Å². The third-order valence-corrected chi connectivity index (χ3v) is 25.7. The first-order chi connectivity index (χ1) is 67.1. The Morgan fingerprint density at radius 2 is 0.430 bits per heavy atom. The maximum atomic E-state index is 13.8. The molecule has 11 fully saturated rings. The van der Waals surface area contributed by atoms with E-state index < -0.39 is 445 Å². The van der Waals surface area contributed by atoms with E-state index in [9.17, 15) is 171 Å². The number of aliphatic hydroxyl groups excluding tert-OH is 27. The molecular weight excluding hydrogens is 1940 g/mol. The predicted molar refractivity (Wildman–Crippen MR) is 442 cm³/mol. The van der Waals surface area contributed by atoms with Gasteiger partial charge in [-0.05, 0) is 6.92 Å². The van der Waals surface area contributed by atoms with Crippen molar-refractivity contribution in [1.82, 2.24) is 37.2 Å². The fourth-order valence-electron chi connectivity index (χ4n) is 18.5. The van der Waals surface area contributed by atoms with E-state index in [1.54, 1.807) is 0 Å². The van der Waals surface area contributed by atoms with Gasteiger partial charge in [0.15, 0.2) is 69.2 Å². The average molecular weight is 2070 g/mol. The zero-order valence-electron chi connectivity index (χ0n) is 77.3. The van der Waals surface area contributed by atoms with Gasteiger partial charge in [0.1, 0.15) is 262 Å². The second-order valence-electron chi connectivity index (χ2n) is 36.0. The van der Waals surface area contributed by atoms with Crippen LogP contribution in [0.2, 0.25) is 0 Å². The van der Waals surface area contributed by atoms with Crippen LogP contribution < -0.4 is 37.2 Å². The highest BCUT2D eigenvalue weighted by atomic mass is 16.8. The Labute approximate surface area is 805 Å². The number of carbonyl (C=O) groups is 7. The summed E-state index contributed by atoms with van der Waals surface area (Å²) in [6.45, 7) is -4.58. The summed E-state index contributed by atoms with van der Waals surface area (Å²) in [5.74, 6) is -6.88. The number of rotatable bonds is 37. The van der Waals surface area contributed by atoms with Crippen LogP contribution in [0.1, 0.15) is 55.4 Å². The van der Waals surface area contributed by atoms with Gasteiger partial charge < -0.3 is 275 Å². The summed E-state index contributed by atoms with van der Waals surface area (Å²) >= 11 is 0. The summed E-state index contributed by atoms with van der Waals surface area (Å²) in [5.41, 5.74) is 0. The second-order valence-corrected chi connectivity index (χ2v) is 36.0. The van der Waals surface area contributed by atoms with Gasteiger partial charge in [0.05, 0.1) is 72.2 Å². The molecule has 0 aromatic carbocycles. The molecule has 11 aliphatic heterocycles. The Bertz CT molecular complexity index is 4030. The van der Waals surface area contributed by atoms with Crippen LogP contribution in [0.5, 0.6) is 0 Å². The van der Waals surface area contributed by atoms with Crippen LogP contribution in [0.25, 0.3) is 0 Å². The Kier molecular flexibility index (Phi) is 42.1. The minimum atomic E-state index is -2.90. The minimum Gasteiger partial charge on any atom is -0.394 e. The molecule has 34 N–H and O–H groups in total. The Morgan fingerprint density at radius 1 is 0.197 bits per heavy atom. The number of ether oxygens (including phenoxy) is 21. The summed E-state index contributed by atoms with van der Waals surface area (Å²) in [5, 5.41) is 327. The topological polar surface area (TPSA) is 944 Å². The molecule has 142 heavy (non-hydrogen) atoms. The first kappa shape index (κ1) is 117. The van der Waals surface area contributed by atoms with Crippen LogP contribution in [0.3, 0.4) is 0 Å². The maximum Gasteiger partial charge on any atom is 0.217 e. The third kappa shape index (κ3) is 26.5. The van der Waals surface area contributed by atoms with E-state index in [2.05, 4.69) is 37.2 Å². The highest BCUT2D eigenvalue weighted by molar-refractivity contribution is 5.75. The molecule has 11 rings (SSSR count). The van der Waals surface area contributed by atoms with Gasteiger partial charge in [-0.3, -0.25) is 33.6 Å². The SMILES string of the molecule is CC(=O)NC1[C@H](OC2[C@@H](O[C@@H]3C(O)[C@H](O[C@@H]4C(CO)O[C@@H](O[C@@H]5C(CO[C@@H]6OC(C)[C@@H](O)[C@H](O)C6O)O[C@@H](O)C(NC(C)=O)[C@H]5O)C(NC(C)=O)[C@H]4O)OC(CO[C@H]4OC(CO)[C@@H](O[C@@H]5OC(CO)[C@@H](O)[C@H](O)C5NC(C)=O)[C@H](O)C4O[C@@H]4OC(CO)[C@@H](O)[C@H](O)C4NC(C)=O)[C@H]3O[C@@H]3OC(CO)[C@@H](O)[C@H](O)C3NC(C)=O)OC(CO)[C@@H](O[C@@H]3OC(CO)[C@@H](O)[C@H](O)C3NC(C)=O)[C@@H]2O)OC(CO)[C@@H](O)[C@@H]1O. The van der Waals surface area contributed by atoms with E-state index in [-0.39, 0.29) is 0 Å². The van der Waals surface area contributed by atoms with Gasteiger partial charge >= 0.3 is 0 Å². The van der Waals surface area contributed by atoms with E-state index in [0.717, 1.165) is 48.5 Å². The van der Waals surface area contributed by atoms with Crippen molar-refractivity contribution < 1.29 is 271 Å². The fraction of sp³-hybridized carbons (Fsp3) is 0.912. The summed E-state index contributed by atoms with van der Waals surface area (Å²) in [6.07, 6.45) is -106. The van der Waals surface area contributed by atoms with Crippen molar-refractivity contribution in [1.29, 1.82) is 0 Å². The summed E-state index contributed by atoms with van der Waals surface area (Å²) in [7, 11) is 0. The largest absolute Gasteiger partial charge is 0.394 e. The standard InChI is InChI=1S/C80H133N7O55/c1-19-44(103)57(116)58(117)77(124-19)122-17-35-65(55(114)37(70(121)125-35)81-20(2)96)137-76-43(87-26(8)102)56(115)62(32(14-93)131-76)138-78-61(120)67(140-80-69(142-75-42(86-25(7)101)54(113)49(108)31(13-92)130-75)60(119)64(34(16-95)133-80)136-72-39(83-22(4)98)51(110)46(105)28(10-89)127-72)66(139-73-40(84-23(5)99)52(111)47(106)29(11-90)128-73)36(134-78)18-123-79-68(141-74-41(85-24(6)100)53(112)48(107)30(12-91)129-74)59(118)63(33(15-94)132-79)135-71-38(82-21(3)97)50(109)45(104)27(9-88)126-71/h19,27-80,88-95,103-121H,9-18H2,1-8H3,(H,81,96)(H,82,97)(H,83,98)(H,84,99)(H,85,100)(H,86,101)(H,87,102)/t19?,27?,28?,29?,30?,31?,32?,33?,34?,35?,36?,37?,38?,39?,40?,41?,42?,43?,44-,45-,46-,47-,48-,49-,50-,51-,52-,53-,54-,55-,56-,57+,58?,59+,60+,61?,62-,63-,64-,65-,66-,67-,68?,69?,70-,71+,72+,73+,74+,75+,76+,77-,78+,79+,80-/m1/s1. The predicted octanol–water partition coefficient (Wildman–Crippen LogP) is -22.9. The van der Waals surface area contributed by atoms with Crippen molar-refractivity contribution in [3.8, 4) is 0 Å². The lowest BCUT2D eigenvalue weighted by Gasteiger charge is -2.53. The van der Waals surface area contributed by atoms with E-state index in [4.69, 9.17) is 99.5 Å². The Balaban J connectivity index is 1.09. The van der Waals surface area contributed by atoms with Crippen molar-refractivity contribution in [2.75, 3.05) is 66.1 Å². The van der Waals surface area contributed by atoms with Gasteiger partial charge in [-0.2, -0.15) is 0 Å². The van der Waals surface area contributed by atoms with Crippen LogP contribution >= 0.6 is 0 Å². The molecule has 55 atom stereocenters. The van der Waals surface area contributed by atoms with E-state index in [1.165, 1.54) is 6.92 Å². The molecule has 0 saturated carbocycles. The molecule has 0 bridgehead atoms. The normalized spacial score (nSPS) is 47.5. The van der Waals surface area contributed by atoms with Crippen LogP contribution in [-0.4, -0.2) is 583 Å². The molecule has 0 aliphatic carbocycles.